The first-order valence-electron chi connectivity index (χ1n) is 13.6. The minimum absolute atomic E-state index is 0.0409. The molecular formula is C33H39NO4. The van der Waals surface area contributed by atoms with Crippen molar-refractivity contribution in [2.45, 2.75) is 58.1 Å². The average molecular weight is 514 g/mol. The lowest BCUT2D eigenvalue weighted by Crippen LogP contribution is -2.50. The summed E-state index contributed by atoms with van der Waals surface area (Å²) in [6.45, 7) is 6.77. The van der Waals surface area contributed by atoms with E-state index in [0.29, 0.717) is 26.4 Å². The fourth-order valence-corrected chi connectivity index (χ4v) is 5.07. The molecule has 3 atom stereocenters. The molecule has 1 aliphatic rings. The molecule has 3 aromatic rings. The summed E-state index contributed by atoms with van der Waals surface area (Å²) >= 11 is 0. The molecule has 5 nitrogen and oxygen atoms in total. The van der Waals surface area contributed by atoms with Crippen molar-refractivity contribution in [2.75, 3.05) is 19.8 Å². The number of likely N-dealkylation sites (tertiary alicyclic amines) is 1. The van der Waals surface area contributed by atoms with Gasteiger partial charge >= 0.3 is 5.97 Å². The van der Waals surface area contributed by atoms with Gasteiger partial charge in [-0.15, -0.1) is 0 Å². The largest absolute Gasteiger partial charge is 0.463 e. The zero-order valence-corrected chi connectivity index (χ0v) is 22.5. The van der Waals surface area contributed by atoms with Crippen molar-refractivity contribution in [1.82, 2.24) is 4.90 Å². The van der Waals surface area contributed by atoms with Crippen molar-refractivity contribution in [2.24, 2.45) is 0 Å². The van der Waals surface area contributed by atoms with Gasteiger partial charge in [-0.3, -0.25) is 4.90 Å². The van der Waals surface area contributed by atoms with Crippen LogP contribution in [0, 0.1) is 0 Å². The molecular weight excluding hydrogens is 474 g/mol. The summed E-state index contributed by atoms with van der Waals surface area (Å²) in [6.07, 6.45) is 3.04. The molecule has 0 spiro atoms. The van der Waals surface area contributed by atoms with Gasteiger partial charge in [0.1, 0.15) is 0 Å². The first-order chi connectivity index (χ1) is 18.6. The lowest BCUT2D eigenvalue weighted by atomic mass is 9.90. The van der Waals surface area contributed by atoms with E-state index in [4.69, 9.17) is 14.2 Å². The fraction of sp³-hybridized carbons (Fsp3) is 0.364. The third kappa shape index (κ3) is 8.12. The lowest BCUT2D eigenvalue weighted by molar-refractivity contribution is -0.137. The van der Waals surface area contributed by atoms with E-state index in [0.717, 1.165) is 36.1 Å². The van der Waals surface area contributed by atoms with Crippen LogP contribution in [0.5, 0.6) is 0 Å². The van der Waals surface area contributed by atoms with Gasteiger partial charge in [-0.25, -0.2) is 4.79 Å². The molecule has 38 heavy (non-hydrogen) atoms. The van der Waals surface area contributed by atoms with Gasteiger partial charge in [0.2, 0.25) is 0 Å². The van der Waals surface area contributed by atoms with Gasteiger partial charge in [0.15, 0.2) is 0 Å². The quantitative estimate of drug-likeness (QED) is 0.204. The minimum atomic E-state index is -0.270. The zero-order chi connectivity index (χ0) is 26.6. The van der Waals surface area contributed by atoms with Crippen molar-refractivity contribution >= 4 is 5.97 Å². The van der Waals surface area contributed by atoms with Gasteiger partial charge in [0.05, 0.1) is 32.5 Å². The summed E-state index contributed by atoms with van der Waals surface area (Å²) in [5.41, 5.74) is 4.63. The Balaban J connectivity index is 1.58. The van der Waals surface area contributed by atoms with Crippen LogP contribution in [0.1, 0.15) is 49.4 Å². The number of rotatable bonds is 12. The van der Waals surface area contributed by atoms with Crippen molar-refractivity contribution in [3.63, 3.8) is 0 Å². The third-order valence-corrected chi connectivity index (χ3v) is 7.11. The highest BCUT2D eigenvalue weighted by molar-refractivity contribution is 5.82. The fourth-order valence-electron chi connectivity index (χ4n) is 5.07. The molecule has 0 aromatic heterocycles. The summed E-state index contributed by atoms with van der Waals surface area (Å²) in [5.74, 6) is -0.270. The number of nitrogens with zero attached hydrogens (tertiary/aromatic N) is 1. The van der Waals surface area contributed by atoms with Crippen LogP contribution in [-0.4, -0.2) is 42.8 Å². The van der Waals surface area contributed by atoms with Gasteiger partial charge in [-0.2, -0.15) is 0 Å². The predicted octanol–water partition coefficient (Wildman–Crippen LogP) is 6.50. The second kappa shape index (κ2) is 14.6. The van der Waals surface area contributed by atoms with E-state index >= 15 is 0 Å². The molecule has 1 heterocycles. The Morgan fingerprint density at radius 3 is 2.16 bits per heavy atom. The summed E-state index contributed by atoms with van der Waals surface area (Å²) in [6, 6.07) is 31.3. The molecule has 1 fully saturated rings. The van der Waals surface area contributed by atoms with Crippen LogP contribution < -0.4 is 0 Å². The Kier molecular flexibility index (Phi) is 10.7. The van der Waals surface area contributed by atoms with E-state index in [-0.39, 0.29) is 24.2 Å². The van der Waals surface area contributed by atoms with E-state index in [1.165, 1.54) is 5.56 Å². The SMILES string of the molecule is CCOC(=O)/C=C1\CCN([C@@H](C)c2ccccc2)[C@H]([C@@H](COCc2ccccc2)OCc2ccccc2)C1. The molecule has 5 heteroatoms. The summed E-state index contributed by atoms with van der Waals surface area (Å²) in [4.78, 5) is 14.8. The summed E-state index contributed by atoms with van der Waals surface area (Å²) in [5, 5.41) is 0. The number of piperidine rings is 1. The molecule has 0 unspecified atom stereocenters. The van der Waals surface area contributed by atoms with E-state index < -0.39 is 0 Å². The van der Waals surface area contributed by atoms with Crippen molar-refractivity contribution in [3.8, 4) is 0 Å². The number of benzene rings is 3. The average Bonchev–Trinajstić information content (AvgIpc) is 2.96. The van der Waals surface area contributed by atoms with Crippen LogP contribution >= 0.6 is 0 Å². The Morgan fingerprint density at radius 2 is 1.53 bits per heavy atom. The summed E-state index contributed by atoms with van der Waals surface area (Å²) in [7, 11) is 0. The van der Waals surface area contributed by atoms with E-state index in [9.17, 15) is 4.79 Å². The summed E-state index contributed by atoms with van der Waals surface area (Å²) < 4.78 is 18.1. The first-order valence-corrected chi connectivity index (χ1v) is 13.6. The highest BCUT2D eigenvalue weighted by Crippen LogP contribution is 2.33. The maximum Gasteiger partial charge on any atom is 0.330 e. The Bertz CT molecular complexity index is 1130. The normalized spacial score (nSPS) is 18.7. The van der Waals surface area contributed by atoms with Crippen molar-refractivity contribution in [1.29, 1.82) is 0 Å². The van der Waals surface area contributed by atoms with Gasteiger partial charge in [0.25, 0.3) is 0 Å². The molecule has 0 N–H and O–H groups in total. The molecule has 3 aromatic carbocycles. The minimum Gasteiger partial charge on any atom is -0.463 e. The second-order valence-electron chi connectivity index (χ2n) is 9.74. The smallest absolute Gasteiger partial charge is 0.330 e. The van der Waals surface area contributed by atoms with Crippen molar-refractivity contribution in [3.05, 3.63) is 119 Å². The first kappa shape index (κ1) is 27.8. The van der Waals surface area contributed by atoms with E-state index in [2.05, 4.69) is 60.4 Å². The highest BCUT2D eigenvalue weighted by atomic mass is 16.5. The molecule has 4 rings (SSSR count). The van der Waals surface area contributed by atoms with Crippen LogP contribution in [0.2, 0.25) is 0 Å². The predicted molar refractivity (Wildman–Crippen MR) is 150 cm³/mol. The van der Waals surface area contributed by atoms with Crippen molar-refractivity contribution < 1.29 is 19.0 Å². The number of hydrogen-bond donors (Lipinski definition) is 0. The molecule has 0 amide bonds. The second-order valence-corrected chi connectivity index (χ2v) is 9.74. The van der Waals surface area contributed by atoms with E-state index in [1.807, 2.05) is 49.4 Å². The monoisotopic (exact) mass is 513 g/mol. The highest BCUT2D eigenvalue weighted by Gasteiger charge is 2.36. The molecule has 1 aliphatic heterocycles. The molecule has 1 saturated heterocycles. The Hall–Kier alpha value is -3.25. The number of carbonyl (C=O) groups is 1. The number of carbonyl (C=O) groups excluding carboxylic acids is 1. The van der Waals surface area contributed by atoms with Crippen LogP contribution in [-0.2, 0) is 32.2 Å². The topological polar surface area (TPSA) is 48.0 Å². The number of hydrogen-bond acceptors (Lipinski definition) is 5. The molecule has 0 radical (unpaired) electrons. The van der Waals surface area contributed by atoms with E-state index in [1.54, 1.807) is 6.08 Å². The third-order valence-electron chi connectivity index (χ3n) is 7.11. The Morgan fingerprint density at radius 1 is 0.921 bits per heavy atom. The van der Waals surface area contributed by atoms with Crippen LogP contribution in [0.25, 0.3) is 0 Å². The van der Waals surface area contributed by atoms with Gasteiger partial charge in [0, 0.05) is 24.7 Å². The maximum atomic E-state index is 12.3. The van der Waals surface area contributed by atoms with Crippen LogP contribution in [0.15, 0.2) is 103 Å². The van der Waals surface area contributed by atoms with Crippen LogP contribution in [0.3, 0.4) is 0 Å². The molecule has 200 valence electrons. The van der Waals surface area contributed by atoms with Gasteiger partial charge < -0.3 is 14.2 Å². The standard InChI is InChI=1S/C33H39NO4/c1-3-37-33(35)22-29-19-20-34(26(2)30-17-11-6-12-18-30)31(21-29)32(38-24-28-15-9-5-10-16-28)25-36-23-27-13-7-4-8-14-27/h4-18,22,26,31-32H,3,19-21,23-25H2,1-2H3/b29-22+/t26-,31-,32+/m0/s1. The number of esters is 1. The molecule has 0 aliphatic carbocycles. The maximum absolute atomic E-state index is 12.3. The lowest BCUT2D eigenvalue weighted by Gasteiger charge is -2.44. The van der Waals surface area contributed by atoms with Crippen LogP contribution in [0.4, 0.5) is 0 Å². The van der Waals surface area contributed by atoms with Gasteiger partial charge in [-0.05, 0) is 43.4 Å². The van der Waals surface area contributed by atoms with Gasteiger partial charge in [-0.1, -0.05) is 96.6 Å². The zero-order valence-electron chi connectivity index (χ0n) is 22.5. The Labute approximate surface area is 227 Å². The molecule has 0 saturated carbocycles. The number of ether oxygens (including phenoxy) is 3. The molecule has 0 bridgehead atoms.